The molecule has 6 heteroatoms. The summed E-state index contributed by atoms with van der Waals surface area (Å²) in [5, 5.41) is 0. The molecule has 1 aromatic carbocycles. The van der Waals surface area contributed by atoms with Gasteiger partial charge in [0, 0.05) is 18.1 Å². The van der Waals surface area contributed by atoms with Gasteiger partial charge in [0.15, 0.2) is 0 Å². The fraction of sp³-hybridized carbons (Fsp3) is 0.0625. The van der Waals surface area contributed by atoms with Crippen molar-refractivity contribution in [3.8, 4) is 0 Å². The molecular formula is C16H12N4O2. The lowest BCUT2D eigenvalue weighted by Crippen LogP contribution is -2.29. The number of nitrogens with zero attached hydrogens (tertiary/aromatic N) is 3. The zero-order chi connectivity index (χ0) is 15.3. The van der Waals surface area contributed by atoms with E-state index in [0.717, 1.165) is 5.65 Å². The monoisotopic (exact) mass is 292 g/mol. The van der Waals surface area contributed by atoms with Crippen LogP contribution < -0.4 is 5.73 Å². The van der Waals surface area contributed by atoms with Gasteiger partial charge in [-0.1, -0.05) is 6.07 Å². The largest absolute Gasteiger partial charge is 0.399 e. The zero-order valence-electron chi connectivity index (χ0n) is 11.6. The van der Waals surface area contributed by atoms with Crippen LogP contribution in [-0.2, 0) is 6.54 Å². The summed E-state index contributed by atoms with van der Waals surface area (Å²) in [6.45, 7) is 0.147. The first kappa shape index (κ1) is 12.6. The predicted octanol–water partition coefficient (Wildman–Crippen LogP) is 1.71. The number of nitrogen functional groups attached to an aromatic ring is 1. The average molecular weight is 292 g/mol. The lowest BCUT2D eigenvalue weighted by atomic mass is 10.1. The lowest BCUT2D eigenvalue weighted by Gasteiger charge is -2.11. The van der Waals surface area contributed by atoms with E-state index in [4.69, 9.17) is 5.73 Å². The summed E-state index contributed by atoms with van der Waals surface area (Å²) in [6, 6.07) is 10.4. The summed E-state index contributed by atoms with van der Waals surface area (Å²) in [7, 11) is 0. The van der Waals surface area contributed by atoms with Gasteiger partial charge >= 0.3 is 0 Å². The molecule has 3 aromatic rings. The van der Waals surface area contributed by atoms with Crippen molar-refractivity contribution >= 4 is 23.1 Å². The van der Waals surface area contributed by atoms with Gasteiger partial charge in [0.05, 0.1) is 23.4 Å². The molecule has 3 heterocycles. The highest BCUT2D eigenvalue weighted by atomic mass is 16.2. The number of rotatable bonds is 2. The number of carbonyl (C=O) groups is 2. The van der Waals surface area contributed by atoms with Crippen molar-refractivity contribution in [2.75, 3.05) is 5.73 Å². The molecule has 2 aromatic heterocycles. The molecule has 0 fully saturated rings. The van der Waals surface area contributed by atoms with Gasteiger partial charge in [-0.15, -0.1) is 0 Å². The van der Waals surface area contributed by atoms with Gasteiger partial charge in [0.1, 0.15) is 5.65 Å². The van der Waals surface area contributed by atoms with Gasteiger partial charge in [-0.25, -0.2) is 4.98 Å². The van der Waals surface area contributed by atoms with Crippen LogP contribution >= 0.6 is 0 Å². The Kier molecular flexibility index (Phi) is 2.53. The molecule has 0 saturated carbocycles. The minimum atomic E-state index is -0.329. The van der Waals surface area contributed by atoms with E-state index < -0.39 is 0 Å². The quantitative estimate of drug-likeness (QED) is 0.576. The molecule has 22 heavy (non-hydrogen) atoms. The van der Waals surface area contributed by atoms with Crippen molar-refractivity contribution in [2.45, 2.75) is 6.54 Å². The fourth-order valence-electron chi connectivity index (χ4n) is 2.68. The number of amides is 2. The Morgan fingerprint density at radius 1 is 1.05 bits per heavy atom. The highest BCUT2D eigenvalue weighted by molar-refractivity contribution is 6.21. The molecule has 0 unspecified atom stereocenters. The van der Waals surface area contributed by atoms with Crippen LogP contribution in [0.2, 0.25) is 0 Å². The van der Waals surface area contributed by atoms with E-state index in [0.29, 0.717) is 22.5 Å². The molecule has 6 nitrogen and oxygen atoms in total. The van der Waals surface area contributed by atoms with Crippen molar-refractivity contribution in [3.63, 3.8) is 0 Å². The first-order valence-corrected chi connectivity index (χ1v) is 6.82. The average Bonchev–Trinajstić information content (AvgIpc) is 3.02. The first-order valence-electron chi connectivity index (χ1n) is 6.82. The Morgan fingerprint density at radius 2 is 1.86 bits per heavy atom. The molecule has 108 valence electrons. The second-order valence-electron chi connectivity index (χ2n) is 5.20. The minimum Gasteiger partial charge on any atom is -0.399 e. The molecule has 0 atom stereocenters. The van der Waals surface area contributed by atoms with Crippen molar-refractivity contribution in [3.05, 3.63) is 65.6 Å². The van der Waals surface area contributed by atoms with Gasteiger partial charge in [0.25, 0.3) is 11.8 Å². The van der Waals surface area contributed by atoms with Crippen LogP contribution in [0.4, 0.5) is 5.69 Å². The number of imide groups is 1. The molecular weight excluding hydrogens is 280 g/mol. The van der Waals surface area contributed by atoms with E-state index >= 15 is 0 Å². The number of imidazole rings is 1. The van der Waals surface area contributed by atoms with E-state index in [1.807, 2.05) is 35.0 Å². The Balaban J connectivity index is 1.69. The van der Waals surface area contributed by atoms with E-state index in [1.54, 1.807) is 18.2 Å². The van der Waals surface area contributed by atoms with Crippen molar-refractivity contribution in [1.29, 1.82) is 0 Å². The molecule has 1 aliphatic rings. The maximum absolute atomic E-state index is 12.4. The summed E-state index contributed by atoms with van der Waals surface area (Å²) in [5.41, 5.74) is 8.34. The summed E-state index contributed by atoms with van der Waals surface area (Å²) in [6.07, 6.45) is 3.68. The molecule has 0 saturated heterocycles. The molecule has 2 amide bonds. The Hall–Kier alpha value is -3.15. The van der Waals surface area contributed by atoms with Crippen LogP contribution in [0.25, 0.3) is 5.65 Å². The SMILES string of the molecule is Nc1ccc2c(c1)C(=O)N(Cc1cn3ccccc3n1)C2=O. The lowest BCUT2D eigenvalue weighted by molar-refractivity contribution is 0.0640. The Labute approximate surface area is 125 Å². The standard InChI is InChI=1S/C16H12N4O2/c17-10-4-5-12-13(7-10)16(22)20(15(12)21)9-11-8-19-6-2-1-3-14(19)18-11/h1-8H,9,17H2. The number of pyridine rings is 1. The number of aromatic nitrogens is 2. The third kappa shape index (κ3) is 1.77. The van der Waals surface area contributed by atoms with Crippen molar-refractivity contribution in [1.82, 2.24) is 14.3 Å². The highest BCUT2D eigenvalue weighted by Crippen LogP contribution is 2.26. The van der Waals surface area contributed by atoms with Crippen LogP contribution in [0.5, 0.6) is 0 Å². The maximum Gasteiger partial charge on any atom is 0.261 e. The third-order valence-electron chi connectivity index (χ3n) is 3.73. The number of nitrogens with two attached hydrogens (primary N) is 1. The fourth-order valence-corrected chi connectivity index (χ4v) is 2.68. The van der Waals surface area contributed by atoms with Crippen LogP contribution in [0.3, 0.4) is 0 Å². The van der Waals surface area contributed by atoms with Crippen molar-refractivity contribution in [2.24, 2.45) is 0 Å². The predicted molar refractivity (Wildman–Crippen MR) is 80.3 cm³/mol. The van der Waals surface area contributed by atoms with Gasteiger partial charge in [-0.2, -0.15) is 0 Å². The number of anilines is 1. The summed E-state index contributed by atoms with van der Waals surface area (Å²) < 4.78 is 1.85. The van der Waals surface area contributed by atoms with E-state index in [9.17, 15) is 9.59 Å². The number of benzene rings is 1. The summed E-state index contributed by atoms with van der Waals surface area (Å²) in [5.74, 6) is -0.638. The van der Waals surface area contributed by atoms with Gasteiger partial charge in [-0.05, 0) is 30.3 Å². The second kappa shape index (κ2) is 4.42. The molecule has 2 N–H and O–H groups in total. The number of fused-ring (bicyclic) bond motifs is 2. The molecule has 0 aliphatic carbocycles. The number of carbonyl (C=O) groups excluding carboxylic acids is 2. The van der Waals surface area contributed by atoms with Crippen LogP contribution in [0, 0.1) is 0 Å². The minimum absolute atomic E-state index is 0.147. The van der Waals surface area contributed by atoms with Gasteiger partial charge < -0.3 is 10.1 Å². The Bertz CT molecular complexity index is 896. The van der Waals surface area contributed by atoms with E-state index in [2.05, 4.69) is 4.98 Å². The van der Waals surface area contributed by atoms with Crippen LogP contribution in [0.1, 0.15) is 26.4 Å². The third-order valence-corrected chi connectivity index (χ3v) is 3.73. The first-order chi connectivity index (χ1) is 10.6. The topological polar surface area (TPSA) is 80.7 Å². The zero-order valence-corrected chi connectivity index (χ0v) is 11.6. The molecule has 0 spiro atoms. The summed E-state index contributed by atoms with van der Waals surface area (Å²) in [4.78, 5) is 30.4. The van der Waals surface area contributed by atoms with Crippen LogP contribution in [0.15, 0.2) is 48.8 Å². The number of hydrogen-bond acceptors (Lipinski definition) is 4. The van der Waals surface area contributed by atoms with E-state index in [-0.39, 0.29) is 18.4 Å². The smallest absolute Gasteiger partial charge is 0.261 e. The molecule has 0 radical (unpaired) electrons. The van der Waals surface area contributed by atoms with Crippen molar-refractivity contribution < 1.29 is 9.59 Å². The maximum atomic E-state index is 12.4. The highest BCUT2D eigenvalue weighted by Gasteiger charge is 2.35. The molecule has 4 rings (SSSR count). The van der Waals surface area contributed by atoms with Crippen LogP contribution in [-0.4, -0.2) is 26.1 Å². The van der Waals surface area contributed by atoms with Gasteiger partial charge in [0.2, 0.25) is 0 Å². The second-order valence-corrected chi connectivity index (χ2v) is 5.20. The number of hydrogen-bond donors (Lipinski definition) is 1. The molecule has 0 bridgehead atoms. The van der Waals surface area contributed by atoms with E-state index in [1.165, 1.54) is 4.90 Å². The normalized spacial score (nSPS) is 13.9. The summed E-state index contributed by atoms with van der Waals surface area (Å²) >= 11 is 0. The van der Waals surface area contributed by atoms with Gasteiger partial charge in [-0.3, -0.25) is 14.5 Å². The molecule has 1 aliphatic heterocycles. The Morgan fingerprint density at radius 3 is 2.68 bits per heavy atom.